The number of rotatable bonds is 6. The number of hydrogen-bond acceptors (Lipinski definition) is 4. The Morgan fingerprint density at radius 2 is 1.76 bits per heavy atom. The van der Waals surface area contributed by atoms with Crippen molar-refractivity contribution in [1.29, 1.82) is 0 Å². The minimum Gasteiger partial charge on any atom is -0.507 e. The van der Waals surface area contributed by atoms with Crippen molar-refractivity contribution < 1.29 is 19.1 Å². The second-order valence-electron chi connectivity index (χ2n) is 9.07. The van der Waals surface area contributed by atoms with Crippen molar-refractivity contribution in [3.8, 4) is 17.0 Å². The predicted octanol–water partition coefficient (Wildman–Crippen LogP) is 6.98. The van der Waals surface area contributed by atoms with Gasteiger partial charge in [-0.15, -0.1) is 0 Å². The van der Waals surface area contributed by atoms with Gasteiger partial charge in [0.15, 0.2) is 0 Å². The predicted molar refractivity (Wildman–Crippen MR) is 144 cm³/mol. The summed E-state index contributed by atoms with van der Waals surface area (Å²) in [6.45, 7) is 0.132. The van der Waals surface area contributed by atoms with E-state index in [0.29, 0.717) is 22.5 Å². The largest absolute Gasteiger partial charge is 0.507 e. The van der Waals surface area contributed by atoms with Crippen LogP contribution >= 0.6 is 23.2 Å². The first-order chi connectivity index (χ1) is 18.3. The Kier molecular flexibility index (Phi) is 7.35. The van der Waals surface area contributed by atoms with Crippen LogP contribution in [0.5, 0.6) is 5.75 Å². The van der Waals surface area contributed by atoms with E-state index in [1.165, 1.54) is 28.9 Å². The van der Waals surface area contributed by atoms with Crippen molar-refractivity contribution in [2.75, 3.05) is 5.32 Å². The van der Waals surface area contributed by atoms with Crippen molar-refractivity contribution in [3.05, 3.63) is 99.4 Å². The number of hydrogen-bond donors (Lipinski definition) is 3. The molecule has 0 bridgehead atoms. The highest BCUT2D eigenvalue weighted by atomic mass is 35.5. The van der Waals surface area contributed by atoms with Gasteiger partial charge in [-0.2, -0.15) is 9.78 Å². The van der Waals surface area contributed by atoms with Crippen LogP contribution in [0.1, 0.15) is 46.8 Å². The molecule has 0 radical (unpaired) electrons. The number of phenolic OH excluding ortho intramolecular Hbond substituents is 1. The second-order valence-corrected chi connectivity index (χ2v) is 9.88. The third kappa shape index (κ3) is 5.37. The van der Waals surface area contributed by atoms with Crippen LogP contribution in [0.3, 0.4) is 0 Å². The molecule has 0 atom stereocenters. The van der Waals surface area contributed by atoms with Crippen LogP contribution in [0.25, 0.3) is 11.3 Å². The number of phenols is 1. The summed E-state index contributed by atoms with van der Waals surface area (Å²) in [5, 5.41) is 21.1. The second kappa shape index (κ2) is 10.8. The summed E-state index contributed by atoms with van der Waals surface area (Å²) in [5.41, 5.74) is 2.57. The normalized spacial score (nSPS) is 13.1. The van der Waals surface area contributed by atoms with Crippen molar-refractivity contribution in [2.45, 2.75) is 31.7 Å². The Morgan fingerprint density at radius 3 is 2.45 bits per heavy atom. The zero-order valence-electron chi connectivity index (χ0n) is 20.0. The first kappa shape index (κ1) is 25.8. The van der Waals surface area contributed by atoms with Gasteiger partial charge in [0.25, 0.3) is 5.91 Å². The van der Waals surface area contributed by atoms with Gasteiger partial charge in [0.2, 0.25) is 0 Å². The number of halogens is 3. The summed E-state index contributed by atoms with van der Waals surface area (Å²) < 4.78 is 14.8. The first-order valence-electron chi connectivity index (χ1n) is 12.0. The molecule has 10 heteroatoms. The van der Waals surface area contributed by atoms with E-state index in [1.54, 1.807) is 42.5 Å². The maximum atomic E-state index is 13.5. The number of aromatic hydroxyl groups is 1. The lowest BCUT2D eigenvalue weighted by Gasteiger charge is -2.25. The van der Waals surface area contributed by atoms with Gasteiger partial charge in [0, 0.05) is 23.7 Å². The van der Waals surface area contributed by atoms with Gasteiger partial charge in [-0.1, -0.05) is 47.8 Å². The number of carbonyl (C=O) groups excluding carboxylic acids is 2. The van der Waals surface area contributed by atoms with E-state index < -0.39 is 11.9 Å². The van der Waals surface area contributed by atoms with Gasteiger partial charge in [0.1, 0.15) is 11.6 Å². The van der Waals surface area contributed by atoms with Crippen LogP contribution in [0.15, 0.2) is 66.7 Å². The monoisotopic (exact) mass is 552 g/mol. The standard InChI is InChI=1S/C28H23Cl2FN4O3/c29-21-8-3-9-22(30)26(21)27(37)33-19-10-11-25(36)20(13-19)23-14-24(17-5-2-6-17)35(34-23)28(38)32-15-16-4-1-7-18(31)12-16/h1,3-4,7-14,17,36H,2,5-6,15H2,(H,32,38)(H,33,37). The quantitative estimate of drug-likeness (QED) is 0.225. The molecule has 0 saturated heterocycles. The molecule has 1 heterocycles. The molecule has 0 spiro atoms. The van der Waals surface area contributed by atoms with Gasteiger partial charge >= 0.3 is 6.03 Å². The van der Waals surface area contributed by atoms with Crippen LogP contribution < -0.4 is 10.6 Å². The molecule has 1 fully saturated rings. The molecule has 7 nitrogen and oxygen atoms in total. The molecule has 1 aliphatic carbocycles. The maximum Gasteiger partial charge on any atom is 0.342 e. The fourth-order valence-electron chi connectivity index (χ4n) is 4.31. The molecule has 194 valence electrons. The Morgan fingerprint density at radius 1 is 1.03 bits per heavy atom. The van der Waals surface area contributed by atoms with Crippen LogP contribution in [0, 0.1) is 5.82 Å². The van der Waals surface area contributed by atoms with Gasteiger partial charge in [-0.05, 0) is 66.9 Å². The maximum absolute atomic E-state index is 13.5. The summed E-state index contributed by atoms with van der Waals surface area (Å²) in [6.07, 6.45) is 2.89. The number of carbonyl (C=O) groups is 2. The van der Waals surface area contributed by atoms with Crippen molar-refractivity contribution >= 4 is 40.8 Å². The highest BCUT2D eigenvalue weighted by Gasteiger charge is 2.28. The van der Waals surface area contributed by atoms with Crippen LogP contribution in [0.2, 0.25) is 10.0 Å². The Hall–Kier alpha value is -3.88. The zero-order valence-corrected chi connectivity index (χ0v) is 21.6. The SMILES string of the molecule is O=C(Nc1ccc(O)c(-c2cc(C3CCC3)n(C(=O)NCc3cccc(F)c3)n2)c1)c1c(Cl)cccc1Cl. The lowest BCUT2D eigenvalue weighted by Crippen LogP contribution is -2.31. The molecule has 0 unspecified atom stereocenters. The van der Waals surface area contributed by atoms with Crippen LogP contribution in [-0.2, 0) is 6.54 Å². The van der Waals surface area contributed by atoms with Crippen molar-refractivity contribution in [3.63, 3.8) is 0 Å². The molecule has 2 amide bonds. The fraction of sp³-hybridized carbons (Fsp3) is 0.179. The van der Waals surface area contributed by atoms with Gasteiger partial charge in [-0.3, -0.25) is 4.79 Å². The third-order valence-corrected chi connectivity index (χ3v) is 7.14. The Bertz CT molecular complexity index is 1510. The summed E-state index contributed by atoms with van der Waals surface area (Å²) in [6, 6.07) is 16.6. The van der Waals surface area contributed by atoms with Crippen molar-refractivity contribution in [1.82, 2.24) is 15.1 Å². The van der Waals surface area contributed by atoms with E-state index in [0.717, 1.165) is 25.0 Å². The summed E-state index contributed by atoms with van der Waals surface area (Å²) in [5.74, 6) is -0.797. The van der Waals surface area contributed by atoms with Gasteiger partial charge < -0.3 is 15.7 Å². The number of benzene rings is 3. The average Bonchev–Trinajstić information content (AvgIpc) is 3.27. The number of nitrogens with one attached hydrogen (secondary N) is 2. The van der Waals surface area contributed by atoms with Crippen LogP contribution in [0.4, 0.5) is 14.9 Å². The summed E-state index contributed by atoms with van der Waals surface area (Å²) in [7, 11) is 0. The minimum absolute atomic E-state index is 0.0660. The van der Waals surface area contributed by atoms with E-state index in [1.807, 2.05) is 0 Å². The molecule has 38 heavy (non-hydrogen) atoms. The fourth-order valence-corrected chi connectivity index (χ4v) is 4.88. The van der Waals surface area contributed by atoms with Gasteiger partial charge in [0.05, 0.1) is 27.0 Å². The highest BCUT2D eigenvalue weighted by molar-refractivity contribution is 6.40. The van der Waals surface area contributed by atoms with E-state index in [9.17, 15) is 19.1 Å². The van der Waals surface area contributed by atoms with E-state index in [4.69, 9.17) is 23.2 Å². The lowest BCUT2D eigenvalue weighted by atomic mass is 9.82. The molecule has 5 rings (SSSR count). The van der Waals surface area contributed by atoms with Crippen molar-refractivity contribution in [2.24, 2.45) is 0 Å². The van der Waals surface area contributed by atoms with E-state index >= 15 is 0 Å². The van der Waals surface area contributed by atoms with E-state index in [-0.39, 0.29) is 39.6 Å². The zero-order chi connectivity index (χ0) is 26.8. The molecule has 1 aromatic heterocycles. The first-order valence-corrected chi connectivity index (χ1v) is 12.8. The molecular weight excluding hydrogens is 530 g/mol. The Balaban J connectivity index is 1.42. The van der Waals surface area contributed by atoms with Crippen LogP contribution in [-0.4, -0.2) is 26.8 Å². The topological polar surface area (TPSA) is 96.2 Å². The molecule has 3 N–H and O–H groups in total. The summed E-state index contributed by atoms with van der Waals surface area (Å²) >= 11 is 12.3. The van der Waals surface area contributed by atoms with Gasteiger partial charge in [-0.25, -0.2) is 9.18 Å². The minimum atomic E-state index is -0.505. The average molecular weight is 553 g/mol. The summed E-state index contributed by atoms with van der Waals surface area (Å²) in [4.78, 5) is 25.9. The molecular formula is C28H23Cl2FN4O3. The molecule has 1 saturated carbocycles. The number of nitrogens with zero attached hydrogens (tertiary/aromatic N) is 2. The highest BCUT2D eigenvalue weighted by Crippen LogP contribution is 2.39. The smallest absolute Gasteiger partial charge is 0.342 e. The number of anilines is 1. The lowest BCUT2D eigenvalue weighted by molar-refractivity contribution is 0.102. The Labute approximate surface area is 228 Å². The van der Waals surface area contributed by atoms with E-state index in [2.05, 4.69) is 15.7 Å². The molecule has 4 aromatic rings. The third-order valence-electron chi connectivity index (χ3n) is 6.51. The molecule has 1 aliphatic rings. The number of aromatic nitrogens is 2. The number of amides is 2. The molecule has 0 aliphatic heterocycles. The molecule has 3 aromatic carbocycles.